The van der Waals surface area contributed by atoms with E-state index < -0.39 is 6.04 Å². The fraction of sp³-hybridized carbons (Fsp3) is 0.316. The average molecular weight is 294 g/mol. The Bertz CT molecular complexity index is 616. The fourth-order valence-electron chi connectivity index (χ4n) is 2.98. The number of likely N-dealkylation sites (tertiary alicyclic amines) is 1. The summed E-state index contributed by atoms with van der Waals surface area (Å²) >= 11 is 0. The van der Waals surface area contributed by atoms with Crippen LogP contribution < -0.4 is 5.73 Å². The lowest BCUT2D eigenvalue weighted by Crippen LogP contribution is -2.43. The minimum absolute atomic E-state index is 0.0876. The van der Waals surface area contributed by atoms with Crippen molar-refractivity contribution in [1.29, 1.82) is 0 Å². The minimum Gasteiger partial charge on any atom is -0.341 e. The highest BCUT2D eigenvalue weighted by molar-refractivity contribution is 5.82. The van der Waals surface area contributed by atoms with Gasteiger partial charge in [0.15, 0.2) is 0 Å². The zero-order chi connectivity index (χ0) is 15.4. The van der Waals surface area contributed by atoms with Gasteiger partial charge in [-0.05, 0) is 36.0 Å². The third-order valence-corrected chi connectivity index (χ3v) is 4.25. The molecule has 114 valence electrons. The van der Waals surface area contributed by atoms with Crippen molar-refractivity contribution in [2.24, 2.45) is 5.73 Å². The third-order valence-electron chi connectivity index (χ3n) is 4.25. The number of rotatable bonds is 4. The molecule has 0 aliphatic carbocycles. The second-order valence-electron chi connectivity index (χ2n) is 5.91. The van der Waals surface area contributed by atoms with Crippen LogP contribution in [0, 0.1) is 0 Å². The zero-order valence-electron chi connectivity index (χ0n) is 12.7. The van der Waals surface area contributed by atoms with Gasteiger partial charge < -0.3 is 10.6 Å². The molecule has 0 aromatic heterocycles. The molecule has 1 amide bonds. The van der Waals surface area contributed by atoms with Crippen LogP contribution in [0.4, 0.5) is 0 Å². The normalized spacial score (nSPS) is 15.8. The standard InChI is InChI=1S/C19H22N2O/c20-18(19(22)21-12-4-5-13-21)14-15-8-10-17(11-9-15)16-6-2-1-3-7-16/h1-3,6-11,18H,4-5,12-14,20H2/t18-/m1/s1. The van der Waals surface area contributed by atoms with Gasteiger partial charge in [-0.1, -0.05) is 54.6 Å². The van der Waals surface area contributed by atoms with Crippen molar-refractivity contribution in [2.75, 3.05) is 13.1 Å². The van der Waals surface area contributed by atoms with E-state index in [1.165, 1.54) is 11.1 Å². The van der Waals surface area contributed by atoms with Gasteiger partial charge in [0.1, 0.15) is 0 Å². The first-order chi connectivity index (χ1) is 10.7. The molecule has 1 saturated heterocycles. The molecule has 1 heterocycles. The summed E-state index contributed by atoms with van der Waals surface area (Å²) < 4.78 is 0. The maximum atomic E-state index is 12.2. The van der Waals surface area contributed by atoms with Crippen molar-refractivity contribution in [3.8, 4) is 11.1 Å². The van der Waals surface area contributed by atoms with Crippen molar-refractivity contribution in [3.05, 3.63) is 60.2 Å². The Balaban J connectivity index is 1.64. The molecule has 2 N–H and O–H groups in total. The summed E-state index contributed by atoms with van der Waals surface area (Å²) in [5, 5.41) is 0. The number of hydrogen-bond acceptors (Lipinski definition) is 2. The molecular weight excluding hydrogens is 272 g/mol. The molecule has 2 aromatic rings. The van der Waals surface area contributed by atoms with E-state index in [1.54, 1.807) is 0 Å². The summed E-state index contributed by atoms with van der Waals surface area (Å²) in [6, 6.07) is 18.2. The van der Waals surface area contributed by atoms with E-state index in [4.69, 9.17) is 5.73 Å². The molecule has 0 bridgehead atoms. The number of carbonyl (C=O) groups is 1. The number of amides is 1. The summed E-state index contributed by atoms with van der Waals surface area (Å²) in [6.07, 6.45) is 2.80. The Morgan fingerprint density at radius 2 is 1.55 bits per heavy atom. The van der Waals surface area contributed by atoms with Gasteiger partial charge in [0.25, 0.3) is 0 Å². The lowest BCUT2D eigenvalue weighted by molar-refractivity contribution is -0.131. The molecule has 1 aliphatic rings. The Kier molecular flexibility index (Phi) is 4.54. The smallest absolute Gasteiger partial charge is 0.239 e. The Morgan fingerprint density at radius 3 is 2.18 bits per heavy atom. The molecule has 22 heavy (non-hydrogen) atoms. The van der Waals surface area contributed by atoms with Crippen LogP contribution in [0.25, 0.3) is 11.1 Å². The molecule has 0 saturated carbocycles. The van der Waals surface area contributed by atoms with Gasteiger partial charge in [0, 0.05) is 13.1 Å². The predicted octanol–water partition coefficient (Wildman–Crippen LogP) is 2.85. The number of nitrogens with zero attached hydrogens (tertiary/aromatic N) is 1. The zero-order valence-corrected chi connectivity index (χ0v) is 12.7. The summed E-state index contributed by atoms with van der Waals surface area (Å²) in [4.78, 5) is 14.1. The van der Waals surface area contributed by atoms with Crippen LogP contribution in [0.15, 0.2) is 54.6 Å². The minimum atomic E-state index is -0.430. The monoisotopic (exact) mass is 294 g/mol. The van der Waals surface area contributed by atoms with E-state index in [0.717, 1.165) is 31.5 Å². The molecule has 3 heteroatoms. The van der Waals surface area contributed by atoms with Crippen molar-refractivity contribution in [2.45, 2.75) is 25.3 Å². The largest absolute Gasteiger partial charge is 0.341 e. The molecule has 0 unspecified atom stereocenters. The third kappa shape index (κ3) is 3.37. The molecule has 2 aromatic carbocycles. The first-order valence-electron chi connectivity index (χ1n) is 7.93. The van der Waals surface area contributed by atoms with Crippen molar-refractivity contribution < 1.29 is 4.79 Å². The highest BCUT2D eigenvalue weighted by Gasteiger charge is 2.23. The van der Waals surface area contributed by atoms with Gasteiger partial charge in [-0.15, -0.1) is 0 Å². The topological polar surface area (TPSA) is 46.3 Å². The molecule has 1 atom stereocenters. The summed E-state index contributed by atoms with van der Waals surface area (Å²) in [5.74, 6) is 0.0876. The Labute approximate surface area is 131 Å². The van der Waals surface area contributed by atoms with Gasteiger partial charge in [0.05, 0.1) is 6.04 Å². The van der Waals surface area contributed by atoms with Crippen LogP contribution in [-0.4, -0.2) is 29.9 Å². The summed E-state index contributed by atoms with van der Waals surface area (Å²) in [5.41, 5.74) is 9.58. The maximum Gasteiger partial charge on any atom is 0.239 e. The van der Waals surface area contributed by atoms with E-state index in [0.29, 0.717) is 6.42 Å². The SMILES string of the molecule is N[C@H](Cc1ccc(-c2ccccc2)cc1)C(=O)N1CCCC1. The molecule has 1 fully saturated rings. The number of hydrogen-bond donors (Lipinski definition) is 1. The lowest BCUT2D eigenvalue weighted by atomic mass is 10.0. The van der Waals surface area contributed by atoms with E-state index in [-0.39, 0.29) is 5.91 Å². The summed E-state index contributed by atoms with van der Waals surface area (Å²) in [6.45, 7) is 1.72. The molecule has 0 radical (unpaired) electrons. The molecule has 3 rings (SSSR count). The van der Waals surface area contributed by atoms with Crippen LogP contribution in [0.5, 0.6) is 0 Å². The van der Waals surface area contributed by atoms with Crippen LogP contribution in [0.3, 0.4) is 0 Å². The second-order valence-corrected chi connectivity index (χ2v) is 5.91. The fourth-order valence-corrected chi connectivity index (χ4v) is 2.98. The predicted molar refractivity (Wildman–Crippen MR) is 89.4 cm³/mol. The second kappa shape index (κ2) is 6.75. The molecule has 1 aliphatic heterocycles. The first-order valence-corrected chi connectivity index (χ1v) is 7.93. The van der Waals surface area contributed by atoms with E-state index in [9.17, 15) is 4.79 Å². The average Bonchev–Trinajstić information content (AvgIpc) is 3.10. The van der Waals surface area contributed by atoms with E-state index in [1.807, 2.05) is 23.1 Å². The quantitative estimate of drug-likeness (QED) is 0.942. The molecule has 3 nitrogen and oxygen atoms in total. The molecule has 0 spiro atoms. The highest BCUT2D eigenvalue weighted by atomic mass is 16.2. The van der Waals surface area contributed by atoms with E-state index >= 15 is 0 Å². The van der Waals surface area contributed by atoms with Crippen LogP contribution in [0.2, 0.25) is 0 Å². The van der Waals surface area contributed by atoms with Crippen molar-refractivity contribution >= 4 is 5.91 Å². The van der Waals surface area contributed by atoms with Gasteiger partial charge in [-0.2, -0.15) is 0 Å². The molecular formula is C19H22N2O. The van der Waals surface area contributed by atoms with Gasteiger partial charge >= 0.3 is 0 Å². The van der Waals surface area contributed by atoms with Crippen molar-refractivity contribution in [3.63, 3.8) is 0 Å². The highest BCUT2D eigenvalue weighted by Crippen LogP contribution is 2.20. The van der Waals surface area contributed by atoms with Gasteiger partial charge in [0.2, 0.25) is 5.91 Å². The number of carbonyl (C=O) groups excluding carboxylic acids is 1. The van der Waals surface area contributed by atoms with Gasteiger partial charge in [-0.25, -0.2) is 0 Å². The lowest BCUT2D eigenvalue weighted by Gasteiger charge is -2.20. The Morgan fingerprint density at radius 1 is 0.955 bits per heavy atom. The van der Waals surface area contributed by atoms with Crippen LogP contribution in [0.1, 0.15) is 18.4 Å². The van der Waals surface area contributed by atoms with Gasteiger partial charge in [-0.3, -0.25) is 4.79 Å². The number of nitrogens with two attached hydrogens (primary N) is 1. The van der Waals surface area contributed by atoms with E-state index in [2.05, 4.69) is 36.4 Å². The van der Waals surface area contributed by atoms with Crippen LogP contribution in [-0.2, 0) is 11.2 Å². The maximum absolute atomic E-state index is 12.2. The number of benzene rings is 2. The summed E-state index contributed by atoms with van der Waals surface area (Å²) in [7, 11) is 0. The van der Waals surface area contributed by atoms with Crippen LogP contribution >= 0.6 is 0 Å². The first kappa shape index (κ1) is 14.8. The Hall–Kier alpha value is -2.13. The van der Waals surface area contributed by atoms with Crippen molar-refractivity contribution in [1.82, 2.24) is 4.90 Å².